The zero-order chi connectivity index (χ0) is 21.8. The van der Waals surface area contributed by atoms with Gasteiger partial charge >= 0.3 is 11.9 Å². The van der Waals surface area contributed by atoms with Gasteiger partial charge < -0.3 is 23.9 Å². The summed E-state index contributed by atoms with van der Waals surface area (Å²) in [7, 11) is -0.668. The molecule has 7 nitrogen and oxygen atoms in total. The smallest absolute Gasteiger partial charge is 0.342 e. The molecule has 0 saturated carbocycles. The van der Waals surface area contributed by atoms with Crippen molar-refractivity contribution >= 4 is 19.1 Å². The lowest BCUT2D eigenvalue weighted by Gasteiger charge is -2.15. The number of allylic oxidation sites excluding steroid dienone is 2. The number of hydrogen-bond donors (Lipinski definition) is 1. The highest BCUT2D eigenvalue weighted by atomic mass is 31.2. The second kappa shape index (κ2) is 9.49. The molecule has 0 fully saturated rings. The van der Waals surface area contributed by atoms with Gasteiger partial charge in [0.05, 0.1) is 20.9 Å². The Labute approximate surface area is 171 Å². The number of benzene rings is 1. The van der Waals surface area contributed by atoms with Crippen molar-refractivity contribution in [1.29, 1.82) is 0 Å². The minimum Gasteiger partial charge on any atom is -0.507 e. The Bertz CT molecular complexity index is 880. The molecular weight excluding hydrogens is 395 g/mol. The van der Waals surface area contributed by atoms with E-state index in [0.29, 0.717) is 35.9 Å². The van der Waals surface area contributed by atoms with E-state index in [1.807, 2.05) is 19.9 Å². The maximum atomic E-state index is 11.9. The van der Waals surface area contributed by atoms with Crippen LogP contribution in [-0.4, -0.2) is 50.3 Å². The Morgan fingerprint density at radius 2 is 2.00 bits per heavy atom. The minimum atomic E-state index is -2.19. The zero-order valence-electron chi connectivity index (χ0n) is 17.7. The Morgan fingerprint density at radius 3 is 2.62 bits per heavy atom. The summed E-state index contributed by atoms with van der Waals surface area (Å²) in [6, 6.07) is 0. The van der Waals surface area contributed by atoms with E-state index in [2.05, 4.69) is 0 Å². The quantitative estimate of drug-likeness (QED) is 0.366. The fraction of sp³-hybridized carbons (Fsp3) is 0.524. The van der Waals surface area contributed by atoms with Gasteiger partial charge in [-0.1, -0.05) is 11.6 Å². The first-order valence-electron chi connectivity index (χ1n) is 9.48. The summed E-state index contributed by atoms with van der Waals surface area (Å²) in [5, 5.41) is 10.6. The number of esters is 2. The Morgan fingerprint density at radius 1 is 1.31 bits per heavy atom. The Balaban J connectivity index is 2.03. The van der Waals surface area contributed by atoms with E-state index in [1.54, 1.807) is 13.3 Å². The molecule has 0 amide bonds. The fourth-order valence-electron chi connectivity index (χ4n) is 3.16. The van der Waals surface area contributed by atoms with Crippen molar-refractivity contribution in [3.8, 4) is 11.5 Å². The van der Waals surface area contributed by atoms with Crippen LogP contribution in [0.5, 0.6) is 11.5 Å². The first-order chi connectivity index (χ1) is 13.5. The molecule has 1 aromatic rings. The fourth-order valence-corrected chi connectivity index (χ4v) is 3.69. The number of cyclic esters (lactones) is 1. The van der Waals surface area contributed by atoms with E-state index >= 15 is 0 Å². The number of phenolic OH excluding ortho intramolecular Hbond substituents is 1. The molecule has 29 heavy (non-hydrogen) atoms. The first-order valence-corrected chi connectivity index (χ1v) is 12.3. The van der Waals surface area contributed by atoms with Gasteiger partial charge in [-0.15, -0.1) is 0 Å². The average Bonchev–Trinajstić information content (AvgIpc) is 3.02. The molecular formula is C21H29O7P. The number of carbonyl (C=O) groups is 2. The summed E-state index contributed by atoms with van der Waals surface area (Å²) >= 11 is 0. The van der Waals surface area contributed by atoms with Crippen LogP contribution in [0.2, 0.25) is 0 Å². The summed E-state index contributed by atoms with van der Waals surface area (Å²) in [6.45, 7) is 7.35. The summed E-state index contributed by atoms with van der Waals surface area (Å²) in [6.07, 6.45) is 3.35. The van der Waals surface area contributed by atoms with Crippen molar-refractivity contribution in [3.63, 3.8) is 0 Å². The highest BCUT2D eigenvalue weighted by Gasteiger charge is 2.31. The maximum Gasteiger partial charge on any atom is 0.342 e. The maximum absolute atomic E-state index is 11.9. The molecule has 1 aliphatic heterocycles. The van der Waals surface area contributed by atoms with E-state index in [-0.39, 0.29) is 36.9 Å². The molecule has 1 N–H and O–H groups in total. The molecule has 2 rings (SSSR count). The van der Waals surface area contributed by atoms with Crippen molar-refractivity contribution in [1.82, 2.24) is 0 Å². The highest BCUT2D eigenvalue weighted by Crippen LogP contribution is 2.42. The van der Waals surface area contributed by atoms with E-state index in [1.165, 1.54) is 7.11 Å². The monoisotopic (exact) mass is 424 g/mol. The lowest BCUT2D eigenvalue weighted by molar-refractivity contribution is -0.142. The van der Waals surface area contributed by atoms with Crippen LogP contribution < -0.4 is 4.74 Å². The lowest BCUT2D eigenvalue weighted by atomic mass is 9.94. The van der Waals surface area contributed by atoms with Crippen LogP contribution in [-0.2, 0) is 31.9 Å². The van der Waals surface area contributed by atoms with Crippen LogP contribution in [0.4, 0.5) is 0 Å². The number of hydrogen-bond acceptors (Lipinski definition) is 7. The van der Waals surface area contributed by atoms with E-state index in [4.69, 9.17) is 14.2 Å². The van der Waals surface area contributed by atoms with Crippen molar-refractivity contribution < 1.29 is 33.5 Å². The number of ether oxygens (including phenoxy) is 3. The lowest BCUT2D eigenvalue weighted by Crippen LogP contribution is -2.08. The van der Waals surface area contributed by atoms with Gasteiger partial charge in [0.25, 0.3) is 0 Å². The Kier molecular flexibility index (Phi) is 7.53. The highest BCUT2D eigenvalue weighted by molar-refractivity contribution is 7.62. The average molecular weight is 424 g/mol. The van der Waals surface area contributed by atoms with Crippen LogP contribution in [0.25, 0.3) is 0 Å². The number of phenols is 1. The normalized spacial score (nSPS) is 13.8. The molecule has 1 heterocycles. The second-order valence-corrected chi connectivity index (χ2v) is 11.3. The van der Waals surface area contributed by atoms with Gasteiger partial charge in [0.15, 0.2) is 0 Å². The van der Waals surface area contributed by atoms with Gasteiger partial charge in [0.1, 0.15) is 23.7 Å². The molecule has 1 aromatic carbocycles. The molecule has 0 aliphatic carbocycles. The van der Waals surface area contributed by atoms with Gasteiger partial charge in [-0.3, -0.25) is 4.79 Å². The van der Waals surface area contributed by atoms with Crippen molar-refractivity contribution in [2.45, 2.75) is 39.7 Å². The van der Waals surface area contributed by atoms with Crippen LogP contribution in [0.1, 0.15) is 46.8 Å². The second-order valence-electron chi connectivity index (χ2n) is 7.69. The van der Waals surface area contributed by atoms with Crippen molar-refractivity contribution in [3.05, 3.63) is 33.9 Å². The van der Waals surface area contributed by atoms with Gasteiger partial charge in [-0.2, -0.15) is 0 Å². The molecule has 0 unspecified atom stereocenters. The van der Waals surface area contributed by atoms with E-state index in [0.717, 1.165) is 11.1 Å². The molecule has 0 aromatic heterocycles. The third-order valence-corrected chi connectivity index (χ3v) is 6.18. The van der Waals surface area contributed by atoms with Crippen LogP contribution in [0.3, 0.4) is 0 Å². The standard InChI is InChI=1S/C21H29O7P/c1-13(7-9-17(22)27-10-11-29(4,5)25)6-8-15-19(23)18-16(12-28-21(18)24)14(2)20(15)26-3/h6,23H,7-12H2,1-5H3/b13-6+. The molecule has 0 atom stereocenters. The van der Waals surface area contributed by atoms with Gasteiger partial charge in [0, 0.05) is 23.7 Å². The molecule has 0 saturated heterocycles. The summed E-state index contributed by atoms with van der Waals surface area (Å²) in [5.74, 6) is -0.442. The van der Waals surface area contributed by atoms with E-state index < -0.39 is 13.1 Å². The van der Waals surface area contributed by atoms with Crippen molar-refractivity contribution in [2.24, 2.45) is 0 Å². The third-order valence-electron chi connectivity index (χ3n) is 4.92. The SMILES string of the molecule is COc1c(C)c2c(c(O)c1C/C=C(\C)CCC(=O)OCCP(C)(C)=O)C(=O)OC2. The Hall–Kier alpha value is -2.27. The molecule has 0 spiro atoms. The summed E-state index contributed by atoms with van der Waals surface area (Å²) < 4.78 is 27.2. The molecule has 0 bridgehead atoms. The van der Waals surface area contributed by atoms with Gasteiger partial charge in [-0.25, -0.2) is 4.79 Å². The largest absolute Gasteiger partial charge is 0.507 e. The number of fused-ring (bicyclic) bond motifs is 1. The summed E-state index contributed by atoms with van der Waals surface area (Å²) in [4.78, 5) is 23.8. The van der Waals surface area contributed by atoms with E-state index in [9.17, 15) is 19.3 Å². The molecule has 1 aliphatic rings. The van der Waals surface area contributed by atoms with Crippen LogP contribution >= 0.6 is 7.14 Å². The number of aromatic hydroxyl groups is 1. The summed E-state index contributed by atoms with van der Waals surface area (Å²) in [5.41, 5.74) is 3.10. The zero-order valence-corrected chi connectivity index (χ0v) is 18.6. The van der Waals surface area contributed by atoms with Gasteiger partial charge in [0.2, 0.25) is 0 Å². The number of carbonyl (C=O) groups excluding carboxylic acids is 2. The van der Waals surface area contributed by atoms with Gasteiger partial charge in [-0.05, 0) is 45.6 Å². The predicted octanol–water partition coefficient (Wildman–Crippen LogP) is 3.81. The number of rotatable bonds is 9. The topological polar surface area (TPSA) is 99.1 Å². The number of methoxy groups -OCH3 is 1. The van der Waals surface area contributed by atoms with Crippen molar-refractivity contribution in [2.75, 3.05) is 33.2 Å². The third kappa shape index (κ3) is 5.86. The minimum absolute atomic E-state index is 0.114. The molecule has 160 valence electrons. The first kappa shape index (κ1) is 23.0. The predicted molar refractivity (Wildman–Crippen MR) is 110 cm³/mol. The van der Waals surface area contributed by atoms with Crippen LogP contribution in [0.15, 0.2) is 11.6 Å². The molecule has 8 heteroatoms. The van der Waals surface area contributed by atoms with Crippen LogP contribution in [0, 0.1) is 6.92 Å². The molecule has 0 radical (unpaired) electrons.